The van der Waals surface area contributed by atoms with Gasteiger partial charge in [-0.1, -0.05) is 6.07 Å². The lowest BCUT2D eigenvalue weighted by Gasteiger charge is -2.34. The van der Waals surface area contributed by atoms with Crippen molar-refractivity contribution in [3.8, 4) is 5.75 Å². The Morgan fingerprint density at radius 3 is 2.66 bits per heavy atom. The van der Waals surface area contributed by atoms with Crippen molar-refractivity contribution in [3.05, 3.63) is 77.9 Å². The zero-order chi connectivity index (χ0) is 24.6. The molecule has 0 atom stereocenters. The molecule has 182 valence electrons. The summed E-state index contributed by atoms with van der Waals surface area (Å²) in [5.41, 5.74) is 2.79. The number of rotatable bonds is 5. The van der Waals surface area contributed by atoms with Crippen molar-refractivity contribution < 1.29 is 22.3 Å². The Balaban J connectivity index is 1.25. The predicted molar refractivity (Wildman–Crippen MR) is 128 cm³/mol. The second kappa shape index (κ2) is 9.13. The first-order chi connectivity index (χ1) is 16.8. The summed E-state index contributed by atoms with van der Waals surface area (Å²) in [4.78, 5) is 9.62. The fraction of sp³-hybridized carbons (Fsp3) is 0.269. The number of hydrogen-bond acceptors (Lipinski definition) is 4. The summed E-state index contributed by atoms with van der Waals surface area (Å²) < 4.78 is 58.5. The SMILES string of the molecule is Cc1c(N2CCC(Oc3cccc(C(F)(F)F)c3)CC2)ccnc1Nc1ccc2c(F)c[nH]c2c1. The number of nitrogens with zero attached hydrogens (tertiary/aromatic N) is 2. The average Bonchev–Trinajstić information content (AvgIpc) is 3.21. The van der Waals surface area contributed by atoms with Crippen LogP contribution in [0.1, 0.15) is 24.0 Å². The number of aromatic nitrogens is 2. The molecule has 9 heteroatoms. The molecule has 4 aromatic rings. The molecule has 1 aliphatic heterocycles. The van der Waals surface area contributed by atoms with Gasteiger partial charge in [0.1, 0.15) is 23.5 Å². The maximum atomic E-state index is 13.7. The van der Waals surface area contributed by atoms with Crippen LogP contribution in [-0.4, -0.2) is 29.2 Å². The summed E-state index contributed by atoms with van der Waals surface area (Å²) in [6.07, 6.45) is -0.0910. The molecule has 2 aromatic heterocycles. The fourth-order valence-electron chi connectivity index (χ4n) is 4.45. The molecule has 1 saturated heterocycles. The Morgan fingerprint density at radius 2 is 1.89 bits per heavy atom. The third-order valence-electron chi connectivity index (χ3n) is 6.32. The van der Waals surface area contributed by atoms with E-state index in [-0.39, 0.29) is 17.7 Å². The van der Waals surface area contributed by atoms with Crippen molar-refractivity contribution in [2.75, 3.05) is 23.3 Å². The first-order valence-electron chi connectivity index (χ1n) is 11.4. The van der Waals surface area contributed by atoms with Gasteiger partial charge in [-0.15, -0.1) is 0 Å². The molecule has 0 aliphatic carbocycles. The first kappa shape index (κ1) is 23.0. The number of pyridine rings is 1. The Morgan fingerprint density at radius 1 is 1.09 bits per heavy atom. The van der Waals surface area contributed by atoms with Crippen LogP contribution in [0.15, 0.2) is 60.9 Å². The standard InChI is InChI=1S/C26H24F4N4O/c1-16-24(7-10-31-25(16)33-18-5-6-21-22(27)15-32-23(21)14-18)34-11-8-19(9-12-34)35-20-4-2-3-17(13-20)26(28,29)30/h2-7,10,13-15,19,32H,8-9,11-12H2,1H3,(H,31,33). The molecule has 0 bridgehead atoms. The lowest BCUT2D eigenvalue weighted by atomic mass is 10.1. The van der Waals surface area contributed by atoms with E-state index in [0.29, 0.717) is 42.7 Å². The molecule has 0 unspecified atom stereocenters. The number of anilines is 3. The summed E-state index contributed by atoms with van der Waals surface area (Å²) in [5, 5.41) is 3.85. The van der Waals surface area contributed by atoms with E-state index < -0.39 is 11.7 Å². The highest BCUT2D eigenvalue weighted by molar-refractivity contribution is 5.84. The number of piperidine rings is 1. The summed E-state index contributed by atoms with van der Waals surface area (Å²) in [6.45, 7) is 3.41. The van der Waals surface area contributed by atoms with E-state index in [1.165, 1.54) is 12.3 Å². The maximum Gasteiger partial charge on any atom is 0.416 e. The second-order valence-corrected chi connectivity index (χ2v) is 8.66. The quantitative estimate of drug-likeness (QED) is 0.305. The number of fused-ring (bicyclic) bond motifs is 1. The van der Waals surface area contributed by atoms with Gasteiger partial charge in [-0.2, -0.15) is 13.2 Å². The van der Waals surface area contributed by atoms with Crippen LogP contribution in [0.2, 0.25) is 0 Å². The van der Waals surface area contributed by atoms with Crippen molar-refractivity contribution in [1.29, 1.82) is 0 Å². The van der Waals surface area contributed by atoms with E-state index in [4.69, 9.17) is 4.74 Å². The molecule has 0 spiro atoms. The maximum absolute atomic E-state index is 13.7. The molecule has 2 aromatic carbocycles. The van der Waals surface area contributed by atoms with Crippen molar-refractivity contribution >= 4 is 28.1 Å². The van der Waals surface area contributed by atoms with Gasteiger partial charge < -0.3 is 19.9 Å². The smallest absolute Gasteiger partial charge is 0.416 e. The van der Waals surface area contributed by atoms with Gasteiger partial charge in [0.25, 0.3) is 0 Å². The summed E-state index contributed by atoms with van der Waals surface area (Å²) in [5.74, 6) is 0.656. The van der Waals surface area contributed by atoms with Gasteiger partial charge in [0.05, 0.1) is 11.1 Å². The summed E-state index contributed by atoms with van der Waals surface area (Å²) in [7, 11) is 0. The predicted octanol–water partition coefficient (Wildman–Crippen LogP) is 6.82. The third kappa shape index (κ3) is 4.89. The molecular weight excluding hydrogens is 460 g/mol. The van der Waals surface area contributed by atoms with Crippen LogP contribution in [0, 0.1) is 12.7 Å². The van der Waals surface area contributed by atoms with Crippen LogP contribution in [0.4, 0.5) is 34.8 Å². The minimum absolute atomic E-state index is 0.151. The fourth-order valence-corrected chi connectivity index (χ4v) is 4.45. The monoisotopic (exact) mass is 484 g/mol. The number of nitrogens with one attached hydrogen (secondary N) is 2. The molecule has 1 aliphatic rings. The molecular formula is C26H24F4N4O. The Labute approximate surface area is 199 Å². The van der Waals surface area contributed by atoms with E-state index in [9.17, 15) is 17.6 Å². The molecule has 1 fully saturated rings. The van der Waals surface area contributed by atoms with Gasteiger partial charge in [0.2, 0.25) is 0 Å². The number of alkyl halides is 3. The largest absolute Gasteiger partial charge is 0.490 e. The van der Waals surface area contributed by atoms with Crippen molar-refractivity contribution in [2.45, 2.75) is 32.0 Å². The zero-order valence-corrected chi connectivity index (χ0v) is 19.0. The van der Waals surface area contributed by atoms with Crippen LogP contribution in [0.25, 0.3) is 10.9 Å². The summed E-state index contributed by atoms with van der Waals surface area (Å²) in [6, 6.07) is 12.3. The van der Waals surface area contributed by atoms with Gasteiger partial charge >= 0.3 is 6.18 Å². The average molecular weight is 484 g/mol. The van der Waals surface area contributed by atoms with E-state index in [1.807, 2.05) is 25.1 Å². The molecule has 5 nitrogen and oxygen atoms in total. The molecule has 5 rings (SSSR count). The molecule has 2 N–H and O–H groups in total. The third-order valence-corrected chi connectivity index (χ3v) is 6.32. The molecule has 0 radical (unpaired) electrons. The zero-order valence-electron chi connectivity index (χ0n) is 19.0. The highest BCUT2D eigenvalue weighted by Crippen LogP contribution is 2.33. The van der Waals surface area contributed by atoms with Crippen molar-refractivity contribution in [2.24, 2.45) is 0 Å². The van der Waals surface area contributed by atoms with Crippen molar-refractivity contribution in [3.63, 3.8) is 0 Å². The van der Waals surface area contributed by atoms with Gasteiger partial charge in [0, 0.05) is 60.6 Å². The number of aromatic amines is 1. The highest BCUT2D eigenvalue weighted by Gasteiger charge is 2.31. The van der Waals surface area contributed by atoms with Crippen LogP contribution in [-0.2, 0) is 6.18 Å². The first-order valence-corrected chi connectivity index (χ1v) is 11.4. The lowest BCUT2D eigenvalue weighted by Crippen LogP contribution is -2.38. The normalized spacial score (nSPS) is 14.9. The lowest BCUT2D eigenvalue weighted by molar-refractivity contribution is -0.137. The number of H-pyrrole nitrogens is 1. The Bertz CT molecular complexity index is 1340. The van der Waals surface area contributed by atoms with E-state index in [2.05, 4.69) is 20.2 Å². The minimum Gasteiger partial charge on any atom is -0.490 e. The minimum atomic E-state index is -4.39. The van der Waals surface area contributed by atoms with E-state index in [1.54, 1.807) is 18.3 Å². The number of hydrogen-bond donors (Lipinski definition) is 2. The van der Waals surface area contributed by atoms with E-state index in [0.717, 1.165) is 29.1 Å². The van der Waals surface area contributed by atoms with Gasteiger partial charge in [-0.3, -0.25) is 0 Å². The number of benzene rings is 2. The second-order valence-electron chi connectivity index (χ2n) is 8.66. The Hall–Kier alpha value is -3.75. The van der Waals surface area contributed by atoms with Gasteiger partial charge in [-0.05, 0) is 49.4 Å². The Kier molecular flexibility index (Phi) is 6.00. The van der Waals surface area contributed by atoms with Gasteiger partial charge in [0.15, 0.2) is 0 Å². The highest BCUT2D eigenvalue weighted by atomic mass is 19.4. The van der Waals surface area contributed by atoms with Crippen LogP contribution in [0.5, 0.6) is 5.75 Å². The molecule has 35 heavy (non-hydrogen) atoms. The van der Waals surface area contributed by atoms with Crippen molar-refractivity contribution in [1.82, 2.24) is 9.97 Å². The van der Waals surface area contributed by atoms with Crippen LogP contribution < -0.4 is 15.0 Å². The summed E-state index contributed by atoms with van der Waals surface area (Å²) >= 11 is 0. The topological polar surface area (TPSA) is 53.2 Å². The van der Waals surface area contributed by atoms with Crippen LogP contribution >= 0.6 is 0 Å². The number of ether oxygens (including phenoxy) is 1. The van der Waals surface area contributed by atoms with Gasteiger partial charge in [-0.25, -0.2) is 9.37 Å². The van der Waals surface area contributed by atoms with E-state index >= 15 is 0 Å². The van der Waals surface area contributed by atoms with Crippen LogP contribution in [0.3, 0.4) is 0 Å². The number of halogens is 4. The molecule has 0 saturated carbocycles. The molecule has 0 amide bonds. The molecule has 3 heterocycles.